The maximum absolute atomic E-state index is 13.1. The van der Waals surface area contributed by atoms with Gasteiger partial charge in [-0.3, -0.25) is 14.1 Å². The fourth-order valence-electron chi connectivity index (χ4n) is 3.06. The first-order chi connectivity index (χ1) is 15.6. The Morgan fingerprint density at radius 1 is 1.18 bits per heavy atom. The molecule has 0 aliphatic heterocycles. The lowest BCUT2D eigenvalue weighted by Crippen LogP contribution is -2.23. The van der Waals surface area contributed by atoms with Gasteiger partial charge in [-0.15, -0.1) is 21.5 Å². The fourth-order valence-corrected chi connectivity index (χ4v) is 3.93. The molecule has 0 bridgehead atoms. The molecule has 0 radical (unpaired) electrons. The van der Waals surface area contributed by atoms with E-state index in [0.717, 1.165) is 28.4 Å². The minimum Gasteiger partial charge on any atom is -0.456 e. The highest BCUT2D eigenvalue weighted by molar-refractivity contribution is 7.14. The molecule has 4 aromatic rings. The second-order valence-corrected chi connectivity index (χ2v) is 7.83. The van der Waals surface area contributed by atoms with Gasteiger partial charge in [-0.2, -0.15) is 13.2 Å². The number of aromatic nitrogens is 4. The number of esters is 1. The van der Waals surface area contributed by atoms with Crippen LogP contribution in [-0.2, 0) is 22.3 Å². The SMILES string of the molecule is CC(=O)N(c1cccc(C(F)(F)F)c1)c1nc(COC(=O)c2ccc3nnc(C)n3c2)cs1. The minimum absolute atomic E-state index is 0.0350. The van der Waals surface area contributed by atoms with Crippen molar-refractivity contribution in [3.05, 3.63) is 70.6 Å². The number of benzene rings is 1. The highest BCUT2D eigenvalue weighted by atomic mass is 32.1. The Morgan fingerprint density at radius 3 is 2.70 bits per heavy atom. The zero-order valence-corrected chi connectivity index (χ0v) is 18.1. The van der Waals surface area contributed by atoms with Crippen molar-refractivity contribution in [1.29, 1.82) is 0 Å². The van der Waals surface area contributed by atoms with Crippen LogP contribution in [0.1, 0.15) is 34.4 Å². The quantitative estimate of drug-likeness (QED) is 0.394. The molecule has 0 unspecified atom stereocenters. The third kappa shape index (κ3) is 4.70. The van der Waals surface area contributed by atoms with Crippen LogP contribution in [0.15, 0.2) is 48.0 Å². The van der Waals surface area contributed by atoms with Gasteiger partial charge >= 0.3 is 12.1 Å². The van der Waals surface area contributed by atoms with E-state index in [1.807, 2.05) is 0 Å². The fraction of sp³-hybridized carbons (Fsp3) is 0.190. The molecule has 1 amide bonds. The molecule has 33 heavy (non-hydrogen) atoms. The average Bonchev–Trinajstić information content (AvgIpc) is 3.38. The summed E-state index contributed by atoms with van der Waals surface area (Å²) in [6.45, 7) is 2.80. The monoisotopic (exact) mass is 475 g/mol. The van der Waals surface area contributed by atoms with E-state index in [1.165, 1.54) is 19.1 Å². The third-order valence-electron chi connectivity index (χ3n) is 4.64. The van der Waals surface area contributed by atoms with Crippen LogP contribution >= 0.6 is 11.3 Å². The summed E-state index contributed by atoms with van der Waals surface area (Å²) >= 11 is 1.05. The molecular weight excluding hydrogens is 459 g/mol. The molecule has 1 aromatic carbocycles. The molecule has 0 fully saturated rings. The summed E-state index contributed by atoms with van der Waals surface area (Å²) in [6, 6.07) is 7.61. The molecule has 170 valence electrons. The van der Waals surface area contributed by atoms with Gasteiger partial charge < -0.3 is 4.74 Å². The Labute approximate surface area is 189 Å². The van der Waals surface area contributed by atoms with E-state index in [0.29, 0.717) is 17.2 Å². The van der Waals surface area contributed by atoms with Crippen molar-refractivity contribution in [2.45, 2.75) is 26.6 Å². The number of aryl methyl sites for hydroxylation is 1. The van der Waals surface area contributed by atoms with Crippen molar-refractivity contribution in [1.82, 2.24) is 19.6 Å². The molecule has 0 atom stereocenters. The zero-order chi connectivity index (χ0) is 23.8. The number of amides is 1. The second kappa shape index (κ2) is 8.62. The Balaban J connectivity index is 1.50. The van der Waals surface area contributed by atoms with E-state index in [4.69, 9.17) is 4.74 Å². The van der Waals surface area contributed by atoms with Crippen LogP contribution in [0.5, 0.6) is 0 Å². The number of nitrogens with zero attached hydrogens (tertiary/aromatic N) is 5. The summed E-state index contributed by atoms with van der Waals surface area (Å²) < 4.78 is 46.2. The maximum atomic E-state index is 13.1. The molecule has 3 aromatic heterocycles. The van der Waals surface area contributed by atoms with E-state index in [2.05, 4.69) is 15.2 Å². The predicted molar refractivity (Wildman–Crippen MR) is 113 cm³/mol. The van der Waals surface area contributed by atoms with Crippen LogP contribution in [0.25, 0.3) is 5.65 Å². The number of pyridine rings is 1. The number of ether oxygens (including phenoxy) is 1. The molecule has 12 heteroatoms. The van der Waals surface area contributed by atoms with E-state index in [1.54, 1.807) is 35.0 Å². The van der Waals surface area contributed by atoms with Gasteiger partial charge in [0, 0.05) is 18.5 Å². The summed E-state index contributed by atoms with van der Waals surface area (Å²) in [4.78, 5) is 30.0. The Bertz CT molecular complexity index is 1350. The maximum Gasteiger partial charge on any atom is 0.416 e. The molecule has 0 saturated heterocycles. The first-order valence-corrected chi connectivity index (χ1v) is 10.4. The van der Waals surface area contributed by atoms with Crippen molar-refractivity contribution < 1.29 is 27.5 Å². The molecule has 0 aliphatic carbocycles. The van der Waals surface area contributed by atoms with Gasteiger partial charge in [-0.25, -0.2) is 9.78 Å². The van der Waals surface area contributed by atoms with E-state index < -0.39 is 23.6 Å². The van der Waals surface area contributed by atoms with Crippen LogP contribution < -0.4 is 4.90 Å². The van der Waals surface area contributed by atoms with Crippen LogP contribution in [0.4, 0.5) is 24.0 Å². The van der Waals surface area contributed by atoms with Crippen LogP contribution in [0.2, 0.25) is 0 Å². The molecular formula is C21H16F3N5O3S. The number of anilines is 2. The van der Waals surface area contributed by atoms with Gasteiger partial charge in [0.1, 0.15) is 12.4 Å². The Morgan fingerprint density at radius 2 is 1.97 bits per heavy atom. The van der Waals surface area contributed by atoms with Crippen molar-refractivity contribution in [3.8, 4) is 0 Å². The van der Waals surface area contributed by atoms with E-state index in [9.17, 15) is 22.8 Å². The number of hydrogen-bond acceptors (Lipinski definition) is 7. The largest absolute Gasteiger partial charge is 0.456 e. The van der Waals surface area contributed by atoms with Crippen molar-refractivity contribution in [3.63, 3.8) is 0 Å². The number of hydrogen-bond donors (Lipinski definition) is 0. The van der Waals surface area contributed by atoms with Crippen LogP contribution in [0, 0.1) is 6.92 Å². The first kappa shape index (κ1) is 22.4. The lowest BCUT2D eigenvalue weighted by molar-refractivity contribution is -0.137. The summed E-state index contributed by atoms with van der Waals surface area (Å²) in [5, 5.41) is 9.60. The first-order valence-electron chi connectivity index (χ1n) is 9.54. The summed E-state index contributed by atoms with van der Waals surface area (Å²) in [7, 11) is 0. The zero-order valence-electron chi connectivity index (χ0n) is 17.3. The van der Waals surface area contributed by atoms with Gasteiger partial charge in [-0.1, -0.05) is 6.07 Å². The molecule has 0 spiro atoms. The molecule has 4 rings (SSSR count). The summed E-state index contributed by atoms with van der Waals surface area (Å²) in [6.07, 6.45) is -2.99. The normalized spacial score (nSPS) is 11.5. The topological polar surface area (TPSA) is 89.7 Å². The van der Waals surface area contributed by atoms with Crippen LogP contribution in [0.3, 0.4) is 0 Å². The lowest BCUT2D eigenvalue weighted by Gasteiger charge is -2.19. The smallest absolute Gasteiger partial charge is 0.416 e. The standard InChI is InChI=1S/C21H16F3N5O3S/c1-12-26-27-18-7-6-14(9-28(12)18)19(31)32-10-16-11-33-20(25-16)29(13(2)30)17-5-3-4-15(8-17)21(22,23)24/h3-9,11H,10H2,1-2H3. The number of fused-ring (bicyclic) bond motifs is 1. The number of rotatable bonds is 5. The van der Waals surface area contributed by atoms with Gasteiger partial charge in [-0.05, 0) is 37.3 Å². The van der Waals surface area contributed by atoms with Gasteiger partial charge in [0.25, 0.3) is 0 Å². The van der Waals surface area contributed by atoms with E-state index >= 15 is 0 Å². The number of carbonyl (C=O) groups is 2. The number of halogens is 3. The molecule has 3 heterocycles. The summed E-state index contributed by atoms with van der Waals surface area (Å²) in [5.41, 5.74) is 0.385. The molecule has 8 nitrogen and oxygen atoms in total. The summed E-state index contributed by atoms with van der Waals surface area (Å²) in [5.74, 6) is -0.492. The predicted octanol–water partition coefficient (Wildman–Crippen LogP) is 4.55. The van der Waals surface area contributed by atoms with Gasteiger partial charge in [0.2, 0.25) is 5.91 Å². The van der Waals surface area contributed by atoms with E-state index in [-0.39, 0.29) is 23.0 Å². The van der Waals surface area contributed by atoms with Crippen molar-refractivity contribution >= 4 is 39.7 Å². The van der Waals surface area contributed by atoms with Gasteiger partial charge in [0.15, 0.2) is 10.8 Å². The Kier molecular flexibility index (Phi) is 5.85. The van der Waals surface area contributed by atoms with Crippen LogP contribution in [-0.4, -0.2) is 31.5 Å². The Hall–Kier alpha value is -3.80. The highest BCUT2D eigenvalue weighted by Crippen LogP contribution is 2.35. The van der Waals surface area contributed by atoms with Crippen molar-refractivity contribution in [2.24, 2.45) is 0 Å². The number of carbonyl (C=O) groups excluding carboxylic acids is 2. The van der Waals surface area contributed by atoms with Gasteiger partial charge in [0.05, 0.1) is 22.5 Å². The number of alkyl halides is 3. The second-order valence-electron chi connectivity index (χ2n) is 6.99. The average molecular weight is 475 g/mol. The van der Waals surface area contributed by atoms with Crippen molar-refractivity contribution in [2.75, 3.05) is 4.90 Å². The number of thiazole rings is 1. The third-order valence-corrected chi connectivity index (χ3v) is 5.51. The minimum atomic E-state index is -4.55. The molecule has 0 aliphatic rings. The highest BCUT2D eigenvalue weighted by Gasteiger charge is 2.31. The lowest BCUT2D eigenvalue weighted by atomic mass is 10.2. The molecule has 0 saturated carbocycles. The molecule has 0 N–H and O–H groups in total.